The van der Waals surface area contributed by atoms with Gasteiger partial charge in [-0.3, -0.25) is 14.5 Å². The first-order valence-corrected chi connectivity index (χ1v) is 12.0. The summed E-state index contributed by atoms with van der Waals surface area (Å²) in [6.07, 6.45) is 1.38. The zero-order valence-electron chi connectivity index (χ0n) is 20.6. The summed E-state index contributed by atoms with van der Waals surface area (Å²) in [7, 11) is 2.60. The van der Waals surface area contributed by atoms with Crippen LogP contribution in [0.3, 0.4) is 0 Å². The minimum absolute atomic E-state index is 0.0678. The maximum atomic E-state index is 13.1. The molecule has 0 saturated carbocycles. The summed E-state index contributed by atoms with van der Waals surface area (Å²) in [6, 6.07) is 10.6. The van der Waals surface area contributed by atoms with Gasteiger partial charge in [0.15, 0.2) is 18.1 Å². The summed E-state index contributed by atoms with van der Waals surface area (Å²) < 4.78 is 34.7. The van der Waals surface area contributed by atoms with Crippen LogP contribution in [0.1, 0.15) is 21.9 Å². The van der Waals surface area contributed by atoms with Gasteiger partial charge in [-0.05, 0) is 54.6 Å². The average Bonchev–Trinajstić information content (AvgIpc) is 3.49. The topological polar surface area (TPSA) is 136 Å². The van der Waals surface area contributed by atoms with Gasteiger partial charge in [0, 0.05) is 15.7 Å². The lowest BCUT2D eigenvalue weighted by atomic mass is 10.1. The molecule has 1 saturated heterocycles. The van der Waals surface area contributed by atoms with Crippen molar-refractivity contribution in [3.8, 4) is 11.5 Å². The van der Waals surface area contributed by atoms with Crippen LogP contribution in [0.4, 0.5) is 14.9 Å². The van der Waals surface area contributed by atoms with E-state index in [2.05, 4.69) is 31.3 Å². The molecule has 0 spiro atoms. The average molecular weight is 602 g/mol. The van der Waals surface area contributed by atoms with Crippen molar-refractivity contribution in [2.75, 3.05) is 26.1 Å². The Morgan fingerprint density at radius 2 is 1.87 bits per heavy atom. The number of rotatable bonds is 9. The van der Waals surface area contributed by atoms with Crippen LogP contribution in [-0.4, -0.2) is 49.5 Å². The third kappa shape index (κ3) is 6.44. The fourth-order valence-electron chi connectivity index (χ4n) is 3.57. The molecule has 4 rings (SSSR count). The second-order valence-corrected chi connectivity index (χ2v) is 8.92. The molecular formula is C26H21BrFN3O8. The Kier molecular flexibility index (Phi) is 8.30. The Morgan fingerprint density at radius 3 is 2.56 bits per heavy atom. The van der Waals surface area contributed by atoms with E-state index in [9.17, 15) is 23.6 Å². The number of nitrogens with one attached hydrogen (secondary N) is 2. The Labute approximate surface area is 229 Å². The third-order valence-electron chi connectivity index (χ3n) is 5.37. The minimum Gasteiger partial charge on any atom is -0.493 e. The number of ether oxygens (including phenoxy) is 3. The molecule has 0 unspecified atom stereocenters. The van der Waals surface area contributed by atoms with Gasteiger partial charge in [0.2, 0.25) is 5.76 Å². The number of nitrogens with zero attached hydrogens (tertiary/aromatic N) is 1. The molecule has 11 nitrogen and oxygen atoms in total. The van der Waals surface area contributed by atoms with Crippen LogP contribution in [0, 0.1) is 5.82 Å². The van der Waals surface area contributed by atoms with Crippen LogP contribution in [0.25, 0.3) is 6.08 Å². The maximum Gasteiger partial charge on any atom is 0.373 e. The number of imide groups is 1. The van der Waals surface area contributed by atoms with E-state index in [-0.39, 0.29) is 35.3 Å². The van der Waals surface area contributed by atoms with Crippen molar-refractivity contribution >= 4 is 51.5 Å². The molecule has 1 fully saturated rings. The first-order chi connectivity index (χ1) is 18.7. The van der Waals surface area contributed by atoms with Crippen LogP contribution < -0.4 is 20.1 Å². The number of esters is 1. The van der Waals surface area contributed by atoms with Crippen molar-refractivity contribution in [1.29, 1.82) is 0 Å². The van der Waals surface area contributed by atoms with Gasteiger partial charge in [-0.25, -0.2) is 14.0 Å². The number of hydrogen-bond acceptors (Lipinski definition) is 8. The van der Waals surface area contributed by atoms with Gasteiger partial charge in [0.25, 0.3) is 11.8 Å². The molecule has 2 aromatic carbocycles. The Bertz CT molecular complexity index is 1470. The molecule has 0 aliphatic carbocycles. The molecule has 4 amide bonds. The minimum atomic E-state index is -0.703. The Morgan fingerprint density at radius 1 is 1.13 bits per heavy atom. The van der Waals surface area contributed by atoms with Gasteiger partial charge in [0.05, 0.1) is 20.8 Å². The van der Waals surface area contributed by atoms with Gasteiger partial charge >= 0.3 is 12.0 Å². The monoisotopic (exact) mass is 601 g/mol. The lowest BCUT2D eigenvalue weighted by Gasteiger charge is -2.15. The van der Waals surface area contributed by atoms with Gasteiger partial charge < -0.3 is 29.3 Å². The van der Waals surface area contributed by atoms with E-state index in [1.165, 1.54) is 56.7 Å². The molecule has 3 aromatic rings. The highest BCUT2D eigenvalue weighted by Crippen LogP contribution is 2.36. The number of carbonyl (C=O) groups is 4. The van der Waals surface area contributed by atoms with E-state index in [0.29, 0.717) is 15.7 Å². The van der Waals surface area contributed by atoms with Crippen molar-refractivity contribution in [3.63, 3.8) is 0 Å². The zero-order chi connectivity index (χ0) is 28.1. The molecule has 0 radical (unpaired) electrons. The molecule has 2 heterocycles. The fraction of sp³-hybridized carbons (Fsp3) is 0.154. The smallest absolute Gasteiger partial charge is 0.373 e. The summed E-state index contributed by atoms with van der Waals surface area (Å²) in [5, 5.41) is 5.08. The summed E-state index contributed by atoms with van der Waals surface area (Å²) in [6.45, 7) is -0.660. The molecule has 0 bridgehead atoms. The lowest BCUT2D eigenvalue weighted by molar-refractivity contribution is -0.123. The van der Waals surface area contributed by atoms with E-state index in [1.807, 2.05) is 0 Å². The SMILES string of the molecule is COC(=O)c1ccc(CN2C(=O)N/C(=C\c3cc(Br)cc(OC)c3OCC(=O)Nc3ccc(F)cc3)C2=O)o1. The molecule has 1 aliphatic rings. The van der Waals surface area contributed by atoms with Crippen molar-refractivity contribution in [2.24, 2.45) is 0 Å². The molecule has 13 heteroatoms. The highest BCUT2D eigenvalue weighted by atomic mass is 79.9. The molecule has 2 N–H and O–H groups in total. The van der Waals surface area contributed by atoms with E-state index < -0.39 is 36.2 Å². The summed E-state index contributed by atoms with van der Waals surface area (Å²) in [5.74, 6) is -1.80. The van der Waals surface area contributed by atoms with Gasteiger partial charge in [-0.1, -0.05) is 15.9 Å². The van der Waals surface area contributed by atoms with Gasteiger partial charge in [-0.2, -0.15) is 0 Å². The first kappa shape index (κ1) is 27.4. The van der Waals surface area contributed by atoms with Crippen LogP contribution in [-0.2, 0) is 20.9 Å². The number of methoxy groups -OCH3 is 2. The first-order valence-electron chi connectivity index (χ1n) is 11.3. The normalized spacial score (nSPS) is 13.8. The predicted molar refractivity (Wildman–Crippen MR) is 138 cm³/mol. The van der Waals surface area contributed by atoms with E-state index in [0.717, 1.165) is 4.90 Å². The zero-order valence-corrected chi connectivity index (χ0v) is 22.2. The van der Waals surface area contributed by atoms with Gasteiger partial charge in [0.1, 0.15) is 17.3 Å². The number of anilines is 1. The third-order valence-corrected chi connectivity index (χ3v) is 5.83. The molecule has 0 atom stereocenters. The highest BCUT2D eigenvalue weighted by molar-refractivity contribution is 9.10. The van der Waals surface area contributed by atoms with Crippen molar-refractivity contribution in [2.45, 2.75) is 6.54 Å². The largest absolute Gasteiger partial charge is 0.493 e. The van der Waals surface area contributed by atoms with Crippen LogP contribution in [0.15, 0.2) is 63.1 Å². The summed E-state index contributed by atoms with van der Waals surface area (Å²) in [5.41, 5.74) is 0.637. The fourth-order valence-corrected chi connectivity index (χ4v) is 4.02. The molecule has 1 aromatic heterocycles. The van der Waals surface area contributed by atoms with Gasteiger partial charge in [-0.15, -0.1) is 0 Å². The van der Waals surface area contributed by atoms with Crippen molar-refractivity contribution < 1.29 is 42.2 Å². The molecule has 202 valence electrons. The predicted octanol–water partition coefficient (Wildman–Crippen LogP) is 4.09. The molecule has 1 aliphatic heterocycles. The maximum absolute atomic E-state index is 13.1. The van der Waals surface area contributed by atoms with Crippen molar-refractivity contribution in [3.05, 3.63) is 81.6 Å². The Hall–Kier alpha value is -4.65. The number of hydrogen-bond donors (Lipinski definition) is 2. The molecular weight excluding hydrogens is 581 g/mol. The van der Waals surface area contributed by atoms with Crippen LogP contribution in [0.5, 0.6) is 11.5 Å². The van der Waals surface area contributed by atoms with Crippen LogP contribution in [0.2, 0.25) is 0 Å². The number of benzene rings is 2. The second-order valence-electron chi connectivity index (χ2n) is 8.01. The quantitative estimate of drug-likeness (QED) is 0.213. The van der Waals surface area contributed by atoms with Crippen LogP contribution >= 0.6 is 15.9 Å². The summed E-state index contributed by atoms with van der Waals surface area (Å²) >= 11 is 3.36. The lowest BCUT2D eigenvalue weighted by Crippen LogP contribution is -2.30. The number of carbonyl (C=O) groups excluding carboxylic acids is 4. The number of amides is 4. The standard InChI is InChI=1S/C26H21BrFN3O8/c1-36-21-11-15(27)9-14(23(21)38-13-22(32)29-17-5-3-16(28)4-6-17)10-19-24(33)31(26(35)30-19)12-18-7-8-20(39-18)25(34)37-2/h3-11H,12-13H2,1-2H3,(H,29,32)(H,30,35)/b19-10-. The number of halogens is 2. The second kappa shape index (κ2) is 11.8. The molecule has 39 heavy (non-hydrogen) atoms. The van der Waals surface area contributed by atoms with Crippen molar-refractivity contribution in [1.82, 2.24) is 10.2 Å². The number of furan rings is 1. The Balaban J connectivity index is 1.53. The summed E-state index contributed by atoms with van der Waals surface area (Å²) in [4.78, 5) is 50.5. The van der Waals surface area contributed by atoms with E-state index in [1.54, 1.807) is 12.1 Å². The highest BCUT2D eigenvalue weighted by Gasteiger charge is 2.35. The van der Waals surface area contributed by atoms with E-state index in [4.69, 9.17) is 13.9 Å². The van der Waals surface area contributed by atoms with E-state index >= 15 is 0 Å². The number of urea groups is 1.